The zero-order chi connectivity index (χ0) is 42.9. The van der Waals surface area contributed by atoms with Crippen molar-refractivity contribution in [3.63, 3.8) is 0 Å². The highest BCUT2D eigenvalue weighted by atomic mass is 35.5. The lowest BCUT2D eigenvalue weighted by atomic mass is 9.93. The lowest BCUT2D eigenvalue weighted by Crippen LogP contribution is -2.28. The first kappa shape index (κ1) is 42.1. The van der Waals surface area contributed by atoms with Crippen molar-refractivity contribution >= 4 is 122 Å². The third kappa shape index (κ3) is 8.23. The number of carbonyl (C=O) groups is 2. The summed E-state index contributed by atoms with van der Waals surface area (Å²) in [5.74, 6) is -2.25. The molecule has 0 radical (unpaired) electrons. The number of rotatable bonds is 9. The van der Waals surface area contributed by atoms with Gasteiger partial charge in [0.15, 0.2) is 11.4 Å². The first-order chi connectivity index (χ1) is 26.8. The predicted octanol–water partition coefficient (Wildman–Crippen LogP) is 4.10. The molecule has 4 aromatic rings. The summed E-state index contributed by atoms with van der Waals surface area (Å²) in [5.41, 5.74) is 13.5. The zero-order valence-corrected chi connectivity index (χ0v) is 33.0. The molecule has 0 atom stereocenters. The van der Waals surface area contributed by atoms with E-state index in [-0.39, 0.29) is 43.7 Å². The van der Waals surface area contributed by atoms with Gasteiger partial charge in [0.2, 0.25) is 11.6 Å². The van der Waals surface area contributed by atoms with Crippen LogP contribution in [0.1, 0.15) is 31.8 Å². The first-order valence-electron chi connectivity index (χ1n) is 15.3. The highest BCUT2D eigenvalue weighted by Gasteiger charge is 2.37. The third-order valence-electron chi connectivity index (χ3n) is 8.27. The number of anilines is 4. The maximum Gasteiger partial charge on any atom is 0.296 e. The number of carbonyl (C=O) groups excluding carboxylic acids is 2. The molecule has 302 valence electrons. The molecule has 0 aliphatic heterocycles. The Bertz CT molecular complexity index is 2940. The summed E-state index contributed by atoms with van der Waals surface area (Å²) in [5, 5.41) is 7.60. The molecule has 0 saturated heterocycles. The van der Waals surface area contributed by atoms with E-state index in [9.17, 15) is 61.5 Å². The van der Waals surface area contributed by atoms with Gasteiger partial charge in [-0.15, -0.1) is 0 Å². The number of nitrogens with one attached hydrogen (secondary N) is 2. The monoisotopic (exact) mass is 912 g/mol. The molecule has 0 unspecified atom stereocenters. The highest BCUT2D eigenvalue weighted by molar-refractivity contribution is 7.91. The summed E-state index contributed by atoms with van der Waals surface area (Å²) in [6.07, 6.45) is 1.49. The molecule has 58 heavy (non-hydrogen) atoms. The van der Waals surface area contributed by atoms with Gasteiger partial charge in [-0.1, -0.05) is 35.3 Å². The Morgan fingerprint density at radius 1 is 0.517 bits per heavy atom. The van der Waals surface area contributed by atoms with E-state index in [0.29, 0.717) is 11.1 Å². The number of hydrogen-bond donors (Lipinski definition) is 8. The molecule has 20 nitrogen and oxygen atoms in total. The summed E-state index contributed by atoms with van der Waals surface area (Å²) < 4.78 is 134. The molecular weight excluding hydrogens is 892 g/mol. The fourth-order valence-electron chi connectivity index (χ4n) is 5.66. The van der Waals surface area contributed by atoms with E-state index in [2.05, 4.69) is 21.1 Å². The van der Waals surface area contributed by atoms with Crippen molar-refractivity contribution in [2.45, 2.75) is 9.79 Å². The summed E-state index contributed by atoms with van der Waals surface area (Å²) in [7, 11) is -19.9. The van der Waals surface area contributed by atoms with Crippen molar-refractivity contribution < 1.29 is 61.5 Å². The topological polar surface area (TPSA) is 352 Å². The lowest BCUT2D eigenvalue weighted by molar-refractivity contribution is 0.105. The van der Waals surface area contributed by atoms with Gasteiger partial charge < -0.3 is 11.5 Å². The van der Waals surface area contributed by atoms with Crippen molar-refractivity contribution in [1.29, 1.82) is 0 Å². The second-order valence-electron chi connectivity index (χ2n) is 12.1. The molecule has 2 aliphatic rings. The molecule has 26 heteroatoms. The van der Waals surface area contributed by atoms with Crippen molar-refractivity contribution in [2.75, 3.05) is 22.3 Å². The van der Waals surface area contributed by atoms with Gasteiger partial charge in [-0.25, -0.2) is 0 Å². The average Bonchev–Trinajstić information content (AvgIpc) is 3.09. The van der Waals surface area contributed by atoms with Gasteiger partial charge in [0, 0.05) is 11.4 Å². The molecule has 0 amide bonds. The Balaban J connectivity index is 1.27. The van der Waals surface area contributed by atoms with Crippen LogP contribution in [0.5, 0.6) is 0 Å². The van der Waals surface area contributed by atoms with Gasteiger partial charge in [0.05, 0.1) is 42.3 Å². The van der Waals surface area contributed by atoms with Crippen molar-refractivity contribution in [3.05, 3.63) is 103 Å². The van der Waals surface area contributed by atoms with E-state index >= 15 is 0 Å². The maximum atomic E-state index is 13.4. The quantitative estimate of drug-likeness (QED) is 0.0665. The van der Waals surface area contributed by atoms with Crippen LogP contribution in [0, 0.1) is 0 Å². The normalized spacial score (nSPS) is 16.1. The molecule has 0 bridgehead atoms. The van der Waals surface area contributed by atoms with Crippen LogP contribution < -0.4 is 22.3 Å². The van der Waals surface area contributed by atoms with Crippen LogP contribution in [-0.2, 0) is 40.5 Å². The standard InChI is InChI=1S/C32H22Cl2N6O14S4/c33-19-7-13(1-3-23(19)37-39-29-25(57(49,50)51)9-15-5-17(55(43,44)45)11-21(35)27(15)31(29)41)14-2-4-24(20(34)8-14)38-40-30-26(58(52,53)54)10-16-6-18(56(46,47)48)12-22(36)28(16)32(30)42/h1-12,37-38H,35-36H2,(H,43,44,45)(H,46,47,48)(H,49,50,51)(H,52,53,54)/b39-29-,40-30-. The fourth-order valence-corrected chi connectivity index (χ4v) is 8.52. The Morgan fingerprint density at radius 2 is 0.862 bits per heavy atom. The number of nitrogen functional groups attached to an aromatic ring is 2. The summed E-state index contributed by atoms with van der Waals surface area (Å²) in [6, 6.07) is 11.7. The van der Waals surface area contributed by atoms with Crippen LogP contribution in [0.4, 0.5) is 22.7 Å². The third-order valence-corrected chi connectivity index (χ3v) is 12.3. The Morgan fingerprint density at radius 3 is 1.16 bits per heavy atom. The molecule has 2 aliphatic carbocycles. The van der Waals surface area contributed by atoms with E-state index in [1.54, 1.807) is 0 Å². The Labute approximate surface area is 337 Å². The number of halogens is 2. The van der Waals surface area contributed by atoms with Crippen molar-refractivity contribution in [1.82, 2.24) is 0 Å². The Hall–Kier alpha value is -5.54. The summed E-state index contributed by atoms with van der Waals surface area (Å²) in [4.78, 5) is 23.2. The molecule has 6 rings (SSSR count). The largest absolute Gasteiger partial charge is 0.398 e. The number of hydrazone groups is 2. The molecule has 0 spiro atoms. The highest BCUT2D eigenvalue weighted by Crippen LogP contribution is 2.36. The van der Waals surface area contributed by atoms with Gasteiger partial charge in [0.25, 0.3) is 40.5 Å². The number of fused-ring (bicyclic) bond motifs is 2. The van der Waals surface area contributed by atoms with Crippen LogP contribution in [0.3, 0.4) is 0 Å². The smallest absolute Gasteiger partial charge is 0.296 e. The average molecular weight is 914 g/mol. The molecular formula is C32H22Cl2N6O14S4. The SMILES string of the molecule is Nc1cc(S(=O)(=O)O)cc2c1C(=O)/C(=N\Nc1ccc(-c3ccc(N/N=C4\C(=O)c5c(N)cc(S(=O)(=O)O)cc5C=C4S(=O)(=O)O)c(Cl)c3)cc1Cl)C(S(=O)(=O)O)=C2. The van der Waals surface area contributed by atoms with Gasteiger partial charge >= 0.3 is 0 Å². The minimum absolute atomic E-state index is 0.0253. The summed E-state index contributed by atoms with van der Waals surface area (Å²) in [6.45, 7) is 0. The van der Waals surface area contributed by atoms with Crippen molar-refractivity contribution in [2.24, 2.45) is 10.2 Å². The van der Waals surface area contributed by atoms with Crippen LogP contribution in [0.2, 0.25) is 10.0 Å². The number of benzene rings is 4. The van der Waals surface area contributed by atoms with Crippen LogP contribution in [-0.4, -0.2) is 74.9 Å². The molecule has 0 aromatic heterocycles. The molecule has 0 heterocycles. The lowest BCUT2D eigenvalue weighted by Gasteiger charge is -2.19. The first-order valence-corrected chi connectivity index (χ1v) is 21.8. The molecule has 4 aromatic carbocycles. The van der Waals surface area contributed by atoms with Crippen LogP contribution >= 0.6 is 23.2 Å². The zero-order valence-electron chi connectivity index (χ0n) is 28.2. The number of allylic oxidation sites excluding steroid dienone is 2. The molecule has 0 fully saturated rings. The van der Waals surface area contributed by atoms with E-state index in [1.807, 2.05) is 0 Å². The second-order valence-corrected chi connectivity index (χ2v) is 18.5. The second kappa shape index (κ2) is 14.7. The maximum absolute atomic E-state index is 13.4. The van der Waals surface area contributed by atoms with E-state index in [4.69, 9.17) is 34.7 Å². The van der Waals surface area contributed by atoms with E-state index in [0.717, 1.165) is 36.4 Å². The van der Waals surface area contributed by atoms with Crippen LogP contribution in [0.15, 0.2) is 90.5 Å². The van der Waals surface area contributed by atoms with Gasteiger partial charge in [-0.3, -0.25) is 38.7 Å². The van der Waals surface area contributed by atoms with Crippen molar-refractivity contribution in [3.8, 4) is 11.1 Å². The predicted molar refractivity (Wildman–Crippen MR) is 213 cm³/mol. The number of nitrogens with two attached hydrogens (primary N) is 2. The van der Waals surface area contributed by atoms with Gasteiger partial charge in [-0.05, 0) is 82.9 Å². The molecule has 0 saturated carbocycles. The fraction of sp³-hybridized carbons (Fsp3) is 0. The summed E-state index contributed by atoms with van der Waals surface area (Å²) >= 11 is 12.9. The van der Waals surface area contributed by atoms with Crippen LogP contribution in [0.25, 0.3) is 23.3 Å². The van der Waals surface area contributed by atoms with E-state index < -0.39 is 94.4 Å². The van der Waals surface area contributed by atoms with Gasteiger partial charge in [-0.2, -0.15) is 43.9 Å². The molecule has 10 N–H and O–H groups in total. The number of Topliss-reactive ketones (excluding diaryl/α,β-unsaturated/α-hetero) is 2. The number of ketones is 2. The number of hydrogen-bond acceptors (Lipinski definition) is 16. The van der Waals surface area contributed by atoms with E-state index in [1.165, 1.54) is 36.4 Å². The minimum Gasteiger partial charge on any atom is -0.398 e. The van der Waals surface area contributed by atoms with Gasteiger partial charge in [0.1, 0.15) is 9.81 Å². The Kier molecular flexibility index (Phi) is 10.7. The minimum atomic E-state index is -5.15. The number of nitrogens with zero attached hydrogens (tertiary/aromatic N) is 2.